The first-order chi connectivity index (χ1) is 9.64. The number of nitrogens with zero attached hydrogens (tertiary/aromatic N) is 2. The van der Waals surface area contributed by atoms with Gasteiger partial charge in [-0.05, 0) is 13.0 Å². The third kappa shape index (κ3) is 4.65. The van der Waals surface area contributed by atoms with Crippen molar-refractivity contribution in [3.05, 3.63) is 33.1 Å². The third-order valence-electron chi connectivity index (χ3n) is 2.47. The van der Waals surface area contributed by atoms with E-state index in [1.165, 1.54) is 6.92 Å². The number of rotatable bonds is 6. The van der Waals surface area contributed by atoms with E-state index in [4.69, 9.17) is 16.7 Å². The lowest BCUT2D eigenvalue weighted by Crippen LogP contribution is -2.42. The first kappa shape index (κ1) is 16.8. The topological polar surface area (TPSA) is 143 Å². The smallest absolute Gasteiger partial charge is 0.319 e. The SMILES string of the molecule is CC(O)(CNC(=O)c1ccnc(Cl)c1[N+](=O)[O-])CC(=O)O. The van der Waals surface area contributed by atoms with Crippen molar-refractivity contribution < 1.29 is 24.7 Å². The van der Waals surface area contributed by atoms with Crippen molar-refractivity contribution >= 4 is 29.2 Å². The number of hydrogen-bond acceptors (Lipinski definition) is 6. The van der Waals surface area contributed by atoms with E-state index in [0.29, 0.717) is 0 Å². The molecule has 1 atom stereocenters. The Morgan fingerprint density at radius 2 is 2.19 bits per heavy atom. The second kappa shape index (κ2) is 6.46. The number of carboxylic acid groups (broad SMARTS) is 1. The number of aliphatic carboxylic acids is 1. The predicted octanol–water partition coefficient (Wildman–Crippen LogP) is 0.599. The summed E-state index contributed by atoms with van der Waals surface area (Å²) < 4.78 is 0. The van der Waals surface area contributed by atoms with Gasteiger partial charge < -0.3 is 15.5 Å². The first-order valence-corrected chi connectivity index (χ1v) is 6.03. The van der Waals surface area contributed by atoms with Gasteiger partial charge in [-0.2, -0.15) is 0 Å². The number of aliphatic hydroxyl groups is 1. The zero-order valence-electron chi connectivity index (χ0n) is 10.9. The van der Waals surface area contributed by atoms with Crippen LogP contribution < -0.4 is 5.32 Å². The van der Waals surface area contributed by atoms with Crippen molar-refractivity contribution in [1.29, 1.82) is 0 Å². The van der Waals surface area contributed by atoms with E-state index < -0.39 is 46.2 Å². The number of hydrogen-bond donors (Lipinski definition) is 3. The van der Waals surface area contributed by atoms with Crippen molar-refractivity contribution in [2.24, 2.45) is 0 Å². The molecule has 1 amide bonds. The van der Waals surface area contributed by atoms with Gasteiger partial charge >= 0.3 is 11.7 Å². The fourth-order valence-electron chi connectivity index (χ4n) is 1.54. The summed E-state index contributed by atoms with van der Waals surface area (Å²) in [4.78, 5) is 36.0. The highest BCUT2D eigenvalue weighted by atomic mass is 35.5. The van der Waals surface area contributed by atoms with E-state index in [1.807, 2.05) is 0 Å². The van der Waals surface area contributed by atoms with Crippen LogP contribution in [0, 0.1) is 10.1 Å². The Morgan fingerprint density at radius 3 is 2.71 bits per heavy atom. The highest BCUT2D eigenvalue weighted by molar-refractivity contribution is 6.32. The van der Waals surface area contributed by atoms with Crippen LogP contribution in [0.2, 0.25) is 5.15 Å². The lowest BCUT2D eigenvalue weighted by Gasteiger charge is -2.21. The molecule has 3 N–H and O–H groups in total. The molecule has 1 aromatic heterocycles. The molecule has 0 saturated heterocycles. The average Bonchev–Trinajstić information content (AvgIpc) is 2.33. The van der Waals surface area contributed by atoms with Gasteiger partial charge in [-0.1, -0.05) is 11.6 Å². The fraction of sp³-hybridized carbons (Fsp3) is 0.364. The summed E-state index contributed by atoms with van der Waals surface area (Å²) in [6.45, 7) is 0.824. The second-order valence-corrected chi connectivity index (χ2v) is 4.86. The largest absolute Gasteiger partial charge is 0.481 e. The summed E-state index contributed by atoms with van der Waals surface area (Å²) in [5.41, 5.74) is -2.67. The van der Waals surface area contributed by atoms with Gasteiger partial charge in [-0.25, -0.2) is 4.98 Å². The minimum Gasteiger partial charge on any atom is -0.481 e. The molecule has 10 heteroatoms. The third-order valence-corrected chi connectivity index (χ3v) is 2.75. The zero-order chi connectivity index (χ0) is 16.2. The van der Waals surface area contributed by atoms with Crippen molar-refractivity contribution in [3.63, 3.8) is 0 Å². The Kier molecular flexibility index (Phi) is 5.17. The molecular weight excluding hydrogens is 306 g/mol. The molecule has 1 rings (SSSR count). The molecule has 0 aliphatic heterocycles. The van der Waals surface area contributed by atoms with Gasteiger partial charge in [0.2, 0.25) is 5.15 Å². The van der Waals surface area contributed by atoms with E-state index in [9.17, 15) is 24.8 Å². The molecule has 9 nitrogen and oxygen atoms in total. The summed E-state index contributed by atoms with van der Waals surface area (Å²) in [7, 11) is 0. The molecule has 21 heavy (non-hydrogen) atoms. The summed E-state index contributed by atoms with van der Waals surface area (Å²) in [6.07, 6.45) is 0.534. The van der Waals surface area contributed by atoms with Crippen molar-refractivity contribution in [2.45, 2.75) is 18.9 Å². The summed E-state index contributed by atoms with van der Waals surface area (Å²) in [6, 6.07) is 1.10. The van der Waals surface area contributed by atoms with Gasteiger partial charge in [0.05, 0.1) is 16.9 Å². The number of carbonyl (C=O) groups excluding carboxylic acids is 1. The Hall–Kier alpha value is -2.26. The van der Waals surface area contributed by atoms with Crippen LogP contribution in [-0.4, -0.2) is 44.1 Å². The number of carbonyl (C=O) groups is 2. The standard InChI is InChI=1S/C11H12ClN3O6/c1-11(19,4-7(16)17)5-14-10(18)6-2-3-13-9(12)8(6)15(20)21/h2-3,19H,4-5H2,1H3,(H,14,18)(H,16,17). The minimum absolute atomic E-state index is 0.328. The predicted molar refractivity (Wildman–Crippen MR) is 71.1 cm³/mol. The van der Waals surface area contributed by atoms with E-state index in [0.717, 1.165) is 12.3 Å². The number of amides is 1. The molecule has 0 aromatic carbocycles. The Morgan fingerprint density at radius 1 is 1.57 bits per heavy atom. The van der Waals surface area contributed by atoms with Crippen LogP contribution >= 0.6 is 11.6 Å². The van der Waals surface area contributed by atoms with Gasteiger partial charge in [0.1, 0.15) is 5.56 Å². The van der Waals surface area contributed by atoms with Gasteiger partial charge in [-0.15, -0.1) is 0 Å². The Bertz CT molecular complexity index is 589. The fourth-order valence-corrected chi connectivity index (χ4v) is 1.77. The number of pyridine rings is 1. The molecule has 1 unspecified atom stereocenters. The quantitative estimate of drug-likeness (QED) is 0.396. The minimum atomic E-state index is -1.69. The molecule has 0 aliphatic rings. The molecular formula is C11H12ClN3O6. The van der Waals surface area contributed by atoms with E-state index >= 15 is 0 Å². The first-order valence-electron chi connectivity index (χ1n) is 5.65. The van der Waals surface area contributed by atoms with Crippen LogP contribution in [0.3, 0.4) is 0 Å². The summed E-state index contributed by atoms with van der Waals surface area (Å²) in [5, 5.41) is 31.0. The molecule has 0 saturated carbocycles. The number of carboxylic acids is 1. The molecule has 1 heterocycles. The zero-order valence-corrected chi connectivity index (χ0v) is 11.6. The maximum atomic E-state index is 11.9. The van der Waals surface area contributed by atoms with Crippen LogP contribution in [0.5, 0.6) is 0 Å². The van der Waals surface area contributed by atoms with Gasteiger partial charge in [0.15, 0.2) is 0 Å². The number of halogens is 1. The van der Waals surface area contributed by atoms with Crippen LogP contribution in [-0.2, 0) is 4.79 Å². The number of nitro groups is 1. The molecule has 0 radical (unpaired) electrons. The Labute approximate surface area is 123 Å². The lowest BCUT2D eigenvalue weighted by molar-refractivity contribution is -0.385. The van der Waals surface area contributed by atoms with E-state index in [-0.39, 0.29) is 5.56 Å². The molecule has 0 bridgehead atoms. The molecule has 1 aromatic rings. The van der Waals surface area contributed by atoms with E-state index in [1.54, 1.807) is 0 Å². The molecule has 0 aliphatic carbocycles. The van der Waals surface area contributed by atoms with Crippen molar-refractivity contribution in [1.82, 2.24) is 10.3 Å². The lowest BCUT2D eigenvalue weighted by atomic mass is 10.0. The Balaban J connectivity index is 2.89. The summed E-state index contributed by atoms with van der Waals surface area (Å²) in [5.74, 6) is -2.11. The molecule has 114 valence electrons. The van der Waals surface area contributed by atoms with Gasteiger partial charge in [-0.3, -0.25) is 19.7 Å². The van der Waals surface area contributed by atoms with Crippen molar-refractivity contribution in [3.8, 4) is 0 Å². The highest BCUT2D eigenvalue weighted by Gasteiger charge is 2.28. The maximum absolute atomic E-state index is 11.9. The highest BCUT2D eigenvalue weighted by Crippen LogP contribution is 2.25. The van der Waals surface area contributed by atoms with Crippen LogP contribution in [0.4, 0.5) is 5.69 Å². The molecule has 0 fully saturated rings. The normalized spacial score (nSPS) is 13.3. The second-order valence-electron chi connectivity index (χ2n) is 4.51. The van der Waals surface area contributed by atoms with Crippen LogP contribution in [0.15, 0.2) is 12.3 Å². The van der Waals surface area contributed by atoms with Crippen LogP contribution in [0.1, 0.15) is 23.7 Å². The monoisotopic (exact) mass is 317 g/mol. The number of aromatic nitrogens is 1. The van der Waals surface area contributed by atoms with Crippen LogP contribution in [0.25, 0.3) is 0 Å². The van der Waals surface area contributed by atoms with Gasteiger partial charge in [0.25, 0.3) is 5.91 Å². The van der Waals surface area contributed by atoms with Gasteiger partial charge in [0, 0.05) is 12.7 Å². The number of nitrogens with one attached hydrogen (secondary N) is 1. The summed E-state index contributed by atoms with van der Waals surface area (Å²) >= 11 is 5.57. The average molecular weight is 318 g/mol. The maximum Gasteiger partial charge on any atom is 0.319 e. The van der Waals surface area contributed by atoms with E-state index in [2.05, 4.69) is 10.3 Å². The molecule has 0 spiro atoms. The van der Waals surface area contributed by atoms with Crippen molar-refractivity contribution in [2.75, 3.05) is 6.54 Å².